The monoisotopic (exact) mass is 377 g/mol. The highest BCUT2D eigenvalue weighted by molar-refractivity contribution is 6.32. The van der Waals surface area contributed by atoms with Gasteiger partial charge in [0.2, 0.25) is 0 Å². The Bertz CT molecular complexity index is 807. The van der Waals surface area contributed by atoms with E-state index in [1.165, 1.54) is 19.2 Å². The van der Waals surface area contributed by atoms with E-state index < -0.39 is 0 Å². The molecule has 0 spiro atoms. The predicted molar refractivity (Wildman–Crippen MR) is 99.9 cm³/mol. The molecule has 0 aliphatic heterocycles. The molecule has 0 radical (unpaired) electrons. The van der Waals surface area contributed by atoms with Crippen molar-refractivity contribution in [2.75, 3.05) is 25.6 Å². The number of carbonyl (C=O) groups is 2. The number of hydrogen-bond donors (Lipinski definition) is 1. The number of aryl methyl sites for hydroxylation is 1. The minimum Gasteiger partial charge on any atom is -0.495 e. The molecular formula is C19H20ClNO5. The molecule has 0 heterocycles. The number of anilines is 1. The second-order valence-corrected chi connectivity index (χ2v) is 5.83. The van der Waals surface area contributed by atoms with Crippen LogP contribution in [0.2, 0.25) is 5.02 Å². The average molecular weight is 378 g/mol. The zero-order valence-electron chi connectivity index (χ0n) is 14.8. The molecule has 0 aromatic heterocycles. The summed E-state index contributed by atoms with van der Waals surface area (Å²) in [5, 5.41) is 2.93. The highest BCUT2D eigenvalue weighted by Crippen LogP contribution is 2.36. The van der Waals surface area contributed by atoms with Crippen LogP contribution in [-0.2, 0) is 4.79 Å². The molecule has 26 heavy (non-hydrogen) atoms. The smallest absolute Gasteiger partial charge is 0.262 e. The van der Waals surface area contributed by atoms with E-state index in [0.29, 0.717) is 35.6 Å². The first-order valence-corrected chi connectivity index (χ1v) is 8.35. The molecule has 138 valence electrons. The Morgan fingerprint density at radius 3 is 2.62 bits per heavy atom. The van der Waals surface area contributed by atoms with Crippen molar-refractivity contribution in [3.05, 3.63) is 46.5 Å². The van der Waals surface area contributed by atoms with Gasteiger partial charge in [-0.1, -0.05) is 17.7 Å². The summed E-state index contributed by atoms with van der Waals surface area (Å²) in [5.74, 6) is 0.688. The summed E-state index contributed by atoms with van der Waals surface area (Å²) < 4.78 is 16.2. The Balaban J connectivity index is 2.12. The van der Waals surface area contributed by atoms with E-state index in [2.05, 4.69) is 5.32 Å². The van der Waals surface area contributed by atoms with Gasteiger partial charge in [-0.2, -0.15) is 0 Å². The molecule has 1 N–H and O–H groups in total. The summed E-state index contributed by atoms with van der Waals surface area (Å²) >= 11 is 6.15. The molecule has 7 heteroatoms. The molecule has 2 rings (SSSR count). The lowest BCUT2D eigenvalue weighted by Gasteiger charge is -2.15. The van der Waals surface area contributed by atoms with Crippen LogP contribution in [0, 0.1) is 6.92 Å². The molecule has 0 saturated heterocycles. The highest BCUT2D eigenvalue weighted by Gasteiger charge is 2.15. The molecule has 0 unspecified atom stereocenters. The maximum Gasteiger partial charge on any atom is 0.262 e. The number of carbonyl (C=O) groups excluding carboxylic acids is 2. The summed E-state index contributed by atoms with van der Waals surface area (Å²) in [6.45, 7) is 3.79. The van der Waals surface area contributed by atoms with E-state index in [1.807, 2.05) is 13.0 Å². The minimum atomic E-state index is -0.383. The van der Waals surface area contributed by atoms with Crippen LogP contribution >= 0.6 is 11.6 Å². The molecule has 0 atom stereocenters. The molecule has 0 saturated carbocycles. The van der Waals surface area contributed by atoms with E-state index in [-0.39, 0.29) is 23.3 Å². The number of aldehydes is 1. The topological polar surface area (TPSA) is 73.9 Å². The quantitative estimate of drug-likeness (QED) is 0.706. The number of benzene rings is 2. The molecule has 6 nitrogen and oxygen atoms in total. The van der Waals surface area contributed by atoms with Crippen molar-refractivity contribution >= 4 is 29.5 Å². The van der Waals surface area contributed by atoms with Crippen molar-refractivity contribution in [3.63, 3.8) is 0 Å². The van der Waals surface area contributed by atoms with Crippen molar-refractivity contribution < 1.29 is 23.8 Å². The molecule has 0 aliphatic carbocycles. The van der Waals surface area contributed by atoms with E-state index in [9.17, 15) is 9.59 Å². The number of ether oxygens (including phenoxy) is 3. The Morgan fingerprint density at radius 1 is 1.19 bits per heavy atom. The first-order valence-electron chi connectivity index (χ1n) is 7.97. The van der Waals surface area contributed by atoms with E-state index in [4.69, 9.17) is 25.8 Å². The zero-order valence-corrected chi connectivity index (χ0v) is 15.6. The van der Waals surface area contributed by atoms with E-state index in [0.717, 1.165) is 5.56 Å². The van der Waals surface area contributed by atoms with E-state index in [1.54, 1.807) is 19.1 Å². The lowest BCUT2D eigenvalue weighted by atomic mass is 10.2. The number of rotatable bonds is 8. The van der Waals surface area contributed by atoms with Crippen LogP contribution in [0.3, 0.4) is 0 Å². The van der Waals surface area contributed by atoms with Gasteiger partial charge in [0.05, 0.1) is 24.4 Å². The molecule has 2 aromatic rings. The SMILES string of the molecule is CCOc1cc(C=O)cc(Cl)c1OCC(=O)Nc1cc(C)ccc1OC. The maximum atomic E-state index is 12.2. The molecule has 0 fully saturated rings. The van der Waals surface area contributed by atoms with Crippen molar-refractivity contribution in [3.8, 4) is 17.2 Å². The molecule has 0 bridgehead atoms. The summed E-state index contributed by atoms with van der Waals surface area (Å²) in [6.07, 6.45) is 0.662. The third kappa shape index (κ3) is 4.89. The number of halogens is 1. The first kappa shape index (κ1) is 19.6. The summed E-state index contributed by atoms with van der Waals surface area (Å²) in [6, 6.07) is 8.42. The van der Waals surface area contributed by atoms with Crippen LogP contribution in [-0.4, -0.2) is 32.5 Å². The second-order valence-electron chi connectivity index (χ2n) is 5.42. The molecule has 0 aliphatic rings. The summed E-state index contributed by atoms with van der Waals surface area (Å²) in [4.78, 5) is 23.2. The van der Waals surface area contributed by atoms with Crippen LogP contribution in [0.4, 0.5) is 5.69 Å². The number of nitrogens with one attached hydrogen (secondary N) is 1. The Labute approximate surface area is 157 Å². The molecular weight excluding hydrogens is 358 g/mol. The second kappa shape index (κ2) is 9.10. The van der Waals surface area contributed by atoms with Gasteiger partial charge in [-0.05, 0) is 43.7 Å². The number of methoxy groups -OCH3 is 1. The molecule has 1 amide bonds. The molecule has 2 aromatic carbocycles. The van der Waals surface area contributed by atoms with Gasteiger partial charge in [-0.3, -0.25) is 9.59 Å². The third-order valence-corrected chi connectivity index (χ3v) is 3.73. The average Bonchev–Trinajstić information content (AvgIpc) is 2.61. The van der Waals surface area contributed by atoms with Crippen LogP contribution in [0.5, 0.6) is 17.2 Å². The van der Waals surface area contributed by atoms with Gasteiger partial charge >= 0.3 is 0 Å². The Morgan fingerprint density at radius 2 is 1.96 bits per heavy atom. The normalized spacial score (nSPS) is 10.2. The lowest BCUT2D eigenvalue weighted by Crippen LogP contribution is -2.21. The number of hydrogen-bond acceptors (Lipinski definition) is 5. The van der Waals surface area contributed by atoms with Gasteiger partial charge in [0.1, 0.15) is 12.0 Å². The van der Waals surface area contributed by atoms with Crippen molar-refractivity contribution in [2.24, 2.45) is 0 Å². The Kier molecular flexibility index (Phi) is 6.86. The zero-order chi connectivity index (χ0) is 19.1. The van der Waals surface area contributed by atoms with Gasteiger partial charge in [-0.15, -0.1) is 0 Å². The van der Waals surface area contributed by atoms with Crippen LogP contribution in [0.1, 0.15) is 22.8 Å². The van der Waals surface area contributed by atoms with Gasteiger partial charge in [0.15, 0.2) is 18.1 Å². The Hall–Kier alpha value is -2.73. The van der Waals surface area contributed by atoms with Gasteiger partial charge in [0.25, 0.3) is 5.91 Å². The van der Waals surface area contributed by atoms with Gasteiger partial charge < -0.3 is 19.5 Å². The first-order chi connectivity index (χ1) is 12.5. The third-order valence-electron chi connectivity index (χ3n) is 3.44. The lowest BCUT2D eigenvalue weighted by molar-refractivity contribution is -0.118. The standard InChI is InChI=1S/C19H20ClNO5/c1-4-25-17-9-13(10-22)8-14(20)19(17)26-11-18(23)21-15-7-12(2)5-6-16(15)24-3/h5-10H,4,11H2,1-3H3,(H,21,23). The fraction of sp³-hybridized carbons (Fsp3) is 0.263. The predicted octanol–water partition coefficient (Wildman–Crippen LogP) is 3.89. The van der Waals surface area contributed by atoms with Crippen LogP contribution in [0.25, 0.3) is 0 Å². The maximum absolute atomic E-state index is 12.2. The van der Waals surface area contributed by atoms with Gasteiger partial charge in [0, 0.05) is 5.56 Å². The van der Waals surface area contributed by atoms with Crippen molar-refractivity contribution in [1.82, 2.24) is 0 Å². The summed E-state index contributed by atoms with van der Waals surface area (Å²) in [7, 11) is 1.53. The largest absolute Gasteiger partial charge is 0.495 e. The minimum absolute atomic E-state index is 0.194. The fourth-order valence-electron chi connectivity index (χ4n) is 2.30. The number of amides is 1. The van der Waals surface area contributed by atoms with Gasteiger partial charge in [-0.25, -0.2) is 0 Å². The van der Waals surface area contributed by atoms with Crippen LogP contribution in [0.15, 0.2) is 30.3 Å². The highest BCUT2D eigenvalue weighted by atomic mass is 35.5. The summed E-state index contributed by atoms with van der Waals surface area (Å²) in [5.41, 5.74) is 1.89. The van der Waals surface area contributed by atoms with E-state index >= 15 is 0 Å². The fourth-order valence-corrected chi connectivity index (χ4v) is 2.58. The van der Waals surface area contributed by atoms with Crippen molar-refractivity contribution in [1.29, 1.82) is 0 Å². The van der Waals surface area contributed by atoms with Crippen molar-refractivity contribution in [2.45, 2.75) is 13.8 Å². The van der Waals surface area contributed by atoms with Crippen LogP contribution < -0.4 is 19.5 Å².